The molecule has 0 rings (SSSR count). The van der Waals surface area contributed by atoms with Crippen molar-refractivity contribution in [1.29, 1.82) is 0 Å². The molecule has 0 aliphatic rings. The second-order valence-electron chi connectivity index (χ2n) is 3.26. The Hall–Kier alpha value is -2.29. The maximum Gasteiger partial charge on any atom is 0.411 e. The van der Waals surface area contributed by atoms with Crippen LogP contribution in [0.2, 0.25) is 0 Å². The van der Waals surface area contributed by atoms with Crippen LogP contribution in [0, 0.1) is 0 Å². The van der Waals surface area contributed by atoms with Crippen molar-refractivity contribution in [2.75, 3.05) is 21.3 Å². The minimum absolute atomic E-state index is 0.0637. The van der Waals surface area contributed by atoms with E-state index < -0.39 is 24.2 Å². The molecule has 0 aromatic heterocycles. The van der Waals surface area contributed by atoms with Crippen LogP contribution in [-0.4, -0.2) is 45.5 Å². The quantitative estimate of drug-likeness (QED) is 0.452. The van der Waals surface area contributed by atoms with Gasteiger partial charge in [0.15, 0.2) is 0 Å². The topological polar surface area (TPSA) is 129 Å². The lowest BCUT2D eigenvalue weighted by Gasteiger charge is -2.13. The summed E-state index contributed by atoms with van der Waals surface area (Å²) in [6.07, 6.45) is -0.428. The van der Waals surface area contributed by atoms with E-state index in [4.69, 9.17) is 5.73 Å². The Morgan fingerprint density at radius 3 is 2.16 bits per heavy atom. The largest absolute Gasteiger partial charge is 0.468 e. The van der Waals surface area contributed by atoms with Crippen LogP contribution >= 0.6 is 0 Å². The molecular formula is C10H17N3O6. The number of nitrogens with two attached hydrogens (primary N) is 1. The fourth-order valence-corrected chi connectivity index (χ4v) is 1.00. The standard InChI is InChI=1S/C10H17N3O6/c1-17-8(14)7(11)4-6(13-10(16)19-3)5-12-9(15)18-2/h5,7H,4,11H2,1-3H3,(H,12,15)(H,13,16)/b6-5-/t7-/m0/s1. The number of amides is 2. The zero-order chi connectivity index (χ0) is 14.8. The zero-order valence-corrected chi connectivity index (χ0v) is 10.9. The van der Waals surface area contributed by atoms with Gasteiger partial charge >= 0.3 is 18.2 Å². The Morgan fingerprint density at radius 1 is 1.11 bits per heavy atom. The zero-order valence-electron chi connectivity index (χ0n) is 10.9. The fourth-order valence-electron chi connectivity index (χ4n) is 1.00. The number of hydrogen-bond acceptors (Lipinski definition) is 7. The van der Waals surface area contributed by atoms with E-state index >= 15 is 0 Å². The molecule has 1 atom stereocenters. The van der Waals surface area contributed by atoms with Gasteiger partial charge in [-0.15, -0.1) is 0 Å². The van der Waals surface area contributed by atoms with Gasteiger partial charge in [-0.2, -0.15) is 0 Å². The Balaban J connectivity index is 4.70. The predicted octanol–water partition coefficient (Wildman–Crippen LogP) is -0.570. The monoisotopic (exact) mass is 275 g/mol. The van der Waals surface area contributed by atoms with Crippen molar-refractivity contribution >= 4 is 18.2 Å². The van der Waals surface area contributed by atoms with Gasteiger partial charge in [-0.3, -0.25) is 15.4 Å². The van der Waals surface area contributed by atoms with Crippen LogP contribution in [0.3, 0.4) is 0 Å². The van der Waals surface area contributed by atoms with Gasteiger partial charge < -0.3 is 19.9 Å². The highest BCUT2D eigenvalue weighted by molar-refractivity contribution is 5.76. The van der Waals surface area contributed by atoms with E-state index in [2.05, 4.69) is 24.8 Å². The smallest absolute Gasteiger partial charge is 0.411 e. The second-order valence-corrected chi connectivity index (χ2v) is 3.26. The average molecular weight is 275 g/mol. The summed E-state index contributed by atoms with van der Waals surface area (Å²) in [7, 11) is 3.53. The third-order valence-electron chi connectivity index (χ3n) is 1.94. The summed E-state index contributed by atoms with van der Waals surface area (Å²) >= 11 is 0. The number of hydrogen-bond donors (Lipinski definition) is 3. The second kappa shape index (κ2) is 8.75. The average Bonchev–Trinajstić information content (AvgIpc) is 2.42. The number of nitrogens with one attached hydrogen (secondary N) is 2. The molecule has 0 bridgehead atoms. The first-order valence-electron chi connectivity index (χ1n) is 5.16. The van der Waals surface area contributed by atoms with Crippen LogP contribution in [0.25, 0.3) is 0 Å². The summed E-state index contributed by atoms with van der Waals surface area (Å²) in [6, 6.07) is -0.993. The van der Waals surface area contributed by atoms with Gasteiger partial charge in [-0.25, -0.2) is 9.59 Å². The SMILES string of the molecule is COC(=O)N/C=C(/C[C@H](N)C(=O)OC)NC(=O)OC. The highest BCUT2D eigenvalue weighted by Gasteiger charge is 2.17. The van der Waals surface area contributed by atoms with Crippen molar-refractivity contribution in [3.05, 3.63) is 11.9 Å². The molecule has 4 N–H and O–H groups in total. The normalized spacial score (nSPS) is 12.1. The molecule has 9 nitrogen and oxygen atoms in total. The summed E-state index contributed by atoms with van der Waals surface area (Å²) in [5.41, 5.74) is 5.70. The highest BCUT2D eigenvalue weighted by Crippen LogP contribution is 2.02. The molecule has 2 amide bonds. The minimum atomic E-state index is -0.993. The third kappa shape index (κ3) is 6.88. The lowest BCUT2D eigenvalue weighted by atomic mass is 10.2. The van der Waals surface area contributed by atoms with E-state index in [9.17, 15) is 14.4 Å². The Kier molecular flexibility index (Phi) is 7.70. The Bertz CT molecular complexity index is 368. The van der Waals surface area contributed by atoms with E-state index in [0.717, 1.165) is 6.20 Å². The molecule has 0 heterocycles. The van der Waals surface area contributed by atoms with E-state index in [1.165, 1.54) is 21.3 Å². The van der Waals surface area contributed by atoms with Gasteiger partial charge in [0.25, 0.3) is 0 Å². The van der Waals surface area contributed by atoms with Gasteiger partial charge in [0.1, 0.15) is 6.04 Å². The molecule has 0 aromatic rings. The molecule has 0 saturated heterocycles. The van der Waals surface area contributed by atoms with Gasteiger partial charge in [0.05, 0.1) is 21.3 Å². The molecule has 0 spiro atoms. The summed E-state index contributed by atoms with van der Waals surface area (Å²) in [5.74, 6) is -0.657. The van der Waals surface area contributed by atoms with Crippen molar-refractivity contribution in [2.24, 2.45) is 5.73 Å². The molecule has 0 aromatic carbocycles. The summed E-state index contributed by atoms with van der Waals surface area (Å²) in [4.78, 5) is 33.2. The molecule has 0 radical (unpaired) electrons. The highest BCUT2D eigenvalue weighted by atomic mass is 16.5. The first-order valence-corrected chi connectivity index (χ1v) is 5.16. The van der Waals surface area contributed by atoms with Crippen molar-refractivity contribution in [2.45, 2.75) is 12.5 Å². The molecule has 19 heavy (non-hydrogen) atoms. The van der Waals surface area contributed by atoms with Crippen LogP contribution in [0.15, 0.2) is 11.9 Å². The number of esters is 1. The van der Waals surface area contributed by atoms with E-state index in [0.29, 0.717) is 0 Å². The van der Waals surface area contributed by atoms with Crippen molar-refractivity contribution in [3.8, 4) is 0 Å². The summed E-state index contributed by atoms with van der Waals surface area (Å²) in [6.45, 7) is 0. The number of carbonyl (C=O) groups is 3. The van der Waals surface area contributed by atoms with Crippen LogP contribution in [-0.2, 0) is 19.0 Å². The van der Waals surface area contributed by atoms with Gasteiger partial charge in [-0.05, 0) is 0 Å². The van der Waals surface area contributed by atoms with Crippen LogP contribution in [0.5, 0.6) is 0 Å². The number of alkyl carbamates (subject to hydrolysis) is 2. The number of carbonyl (C=O) groups excluding carboxylic acids is 3. The maximum absolute atomic E-state index is 11.2. The van der Waals surface area contributed by atoms with Crippen molar-refractivity contribution in [3.63, 3.8) is 0 Å². The lowest BCUT2D eigenvalue weighted by molar-refractivity contribution is -0.142. The Labute approximate surface area is 110 Å². The summed E-state index contributed by atoms with van der Waals surface area (Å²) in [5, 5.41) is 4.52. The first-order chi connectivity index (χ1) is 8.94. The molecule has 0 unspecified atom stereocenters. The first kappa shape index (κ1) is 16.7. The lowest BCUT2D eigenvalue weighted by Crippen LogP contribution is -2.36. The maximum atomic E-state index is 11.2. The van der Waals surface area contributed by atoms with Crippen LogP contribution in [0.4, 0.5) is 9.59 Å². The fraction of sp³-hybridized carbons (Fsp3) is 0.500. The number of ether oxygens (including phenoxy) is 3. The molecule has 0 aliphatic carbocycles. The van der Waals surface area contributed by atoms with E-state index in [-0.39, 0.29) is 12.1 Å². The van der Waals surface area contributed by atoms with E-state index in [1.54, 1.807) is 0 Å². The Morgan fingerprint density at radius 2 is 1.68 bits per heavy atom. The molecule has 0 saturated carbocycles. The van der Waals surface area contributed by atoms with Crippen molar-refractivity contribution in [1.82, 2.24) is 10.6 Å². The third-order valence-corrected chi connectivity index (χ3v) is 1.94. The minimum Gasteiger partial charge on any atom is -0.468 e. The number of rotatable bonds is 5. The van der Waals surface area contributed by atoms with Gasteiger partial charge in [-0.1, -0.05) is 0 Å². The number of methoxy groups -OCH3 is 3. The van der Waals surface area contributed by atoms with E-state index in [1.807, 2.05) is 0 Å². The predicted molar refractivity (Wildman–Crippen MR) is 63.8 cm³/mol. The molecular weight excluding hydrogens is 258 g/mol. The molecule has 108 valence electrons. The summed E-state index contributed by atoms with van der Waals surface area (Å²) < 4.78 is 13.2. The van der Waals surface area contributed by atoms with Crippen LogP contribution in [0.1, 0.15) is 6.42 Å². The molecule has 9 heteroatoms. The van der Waals surface area contributed by atoms with Gasteiger partial charge in [0.2, 0.25) is 0 Å². The van der Waals surface area contributed by atoms with Crippen molar-refractivity contribution < 1.29 is 28.6 Å². The van der Waals surface area contributed by atoms with Crippen LogP contribution < -0.4 is 16.4 Å². The molecule has 0 fully saturated rings. The molecule has 0 aliphatic heterocycles. The van der Waals surface area contributed by atoms with Gasteiger partial charge in [0, 0.05) is 18.3 Å².